The van der Waals surface area contributed by atoms with Crippen LogP contribution in [0.1, 0.15) is 73.2 Å². The molecule has 1 saturated heterocycles. The van der Waals surface area contributed by atoms with E-state index in [-0.39, 0.29) is 28.2 Å². The molecular formula is C22H32N2O4S. The third-order valence-corrected chi connectivity index (χ3v) is 7.76. The summed E-state index contributed by atoms with van der Waals surface area (Å²) in [6.07, 6.45) is 4.92. The van der Waals surface area contributed by atoms with Gasteiger partial charge in [-0.05, 0) is 64.2 Å². The molecule has 0 bridgehead atoms. The average Bonchev–Trinajstić information content (AvgIpc) is 2.86. The Balaban J connectivity index is 2.15. The molecular weight excluding hydrogens is 388 g/mol. The van der Waals surface area contributed by atoms with Crippen LogP contribution in [-0.2, 0) is 10.0 Å². The third kappa shape index (κ3) is 4.21. The Labute approximate surface area is 173 Å². The molecule has 0 unspecified atom stereocenters. The van der Waals surface area contributed by atoms with Crippen molar-refractivity contribution >= 4 is 26.9 Å². The van der Waals surface area contributed by atoms with Crippen LogP contribution in [0.25, 0.3) is 11.0 Å². The van der Waals surface area contributed by atoms with Gasteiger partial charge in [-0.25, -0.2) is 13.1 Å². The first-order valence-electron chi connectivity index (χ1n) is 10.5. The Bertz CT molecular complexity index is 1020. The number of likely N-dealkylation sites (tertiary alicyclic amines) is 1. The summed E-state index contributed by atoms with van der Waals surface area (Å²) in [5.74, 6) is 0.112. The van der Waals surface area contributed by atoms with Crippen LogP contribution in [0.15, 0.2) is 15.4 Å². The van der Waals surface area contributed by atoms with Crippen LogP contribution in [-0.4, -0.2) is 38.4 Å². The highest BCUT2D eigenvalue weighted by Gasteiger charge is 2.30. The van der Waals surface area contributed by atoms with Crippen LogP contribution in [0.4, 0.5) is 0 Å². The number of benzene rings is 1. The lowest BCUT2D eigenvalue weighted by atomic mass is 10.0. The zero-order valence-corrected chi connectivity index (χ0v) is 18.9. The number of carbonyl (C=O) groups excluding carboxylic acids is 1. The quantitative estimate of drug-likeness (QED) is 0.775. The first-order valence-corrected chi connectivity index (χ1v) is 12.0. The molecule has 1 atom stereocenters. The molecule has 0 radical (unpaired) electrons. The fraction of sp³-hybridized carbons (Fsp3) is 0.591. The molecule has 7 heteroatoms. The van der Waals surface area contributed by atoms with Crippen molar-refractivity contribution in [2.75, 3.05) is 13.1 Å². The largest absolute Gasteiger partial charge is 0.449 e. The van der Waals surface area contributed by atoms with Gasteiger partial charge in [0.25, 0.3) is 5.91 Å². The summed E-state index contributed by atoms with van der Waals surface area (Å²) < 4.78 is 35.1. The molecule has 1 N–H and O–H groups in total. The highest BCUT2D eigenvalue weighted by molar-refractivity contribution is 7.89. The van der Waals surface area contributed by atoms with Crippen LogP contribution in [0.2, 0.25) is 0 Å². The second-order valence-electron chi connectivity index (χ2n) is 8.22. The number of carbonyl (C=O) groups is 1. The van der Waals surface area contributed by atoms with E-state index in [4.69, 9.17) is 4.42 Å². The molecule has 29 heavy (non-hydrogen) atoms. The van der Waals surface area contributed by atoms with Crippen LogP contribution >= 0.6 is 0 Å². The van der Waals surface area contributed by atoms with Crippen LogP contribution < -0.4 is 4.72 Å². The Kier molecular flexibility index (Phi) is 6.39. The maximum absolute atomic E-state index is 13.2. The number of fused-ring (bicyclic) bond motifs is 1. The van der Waals surface area contributed by atoms with E-state index in [0.717, 1.165) is 31.2 Å². The second kappa shape index (κ2) is 8.48. The van der Waals surface area contributed by atoms with Gasteiger partial charge >= 0.3 is 0 Å². The van der Waals surface area contributed by atoms with Crippen LogP contribution in [0.3, 0.4) is 0 Å². The van der Waals surface area contributed by atoms with Crippen molar-refractivity contribution in [2.45, 2.75) is 77.7 Å². The van der Waals surface area contributed by atoms with Crippen molar-refractivity contribution in [3.63, 3.8) is 0 Å². The zero-order chi connectivity index (χ0) is 21.3. The molecule has 0 spiro atoms. The van der Waals surface area contributed by atoms with Crippen molar-refractivity contribution in [3.05, 3.63) is 28.5 Å². The minimum atomic E-state index is -3.78. The molecule has 2 heterocycles. The number of nitrogens with zero attached hydrogens (tertiary/aromatic N) is 1. The number of aryl methyl sites for hydroxylation is 2. The average molecular weight is 421 g/mol. The second-order valence-corrected chi connectivity index (χ2v) is 9.87. The van der Waals surface area contributed by atoms with Gasteiger partial charge < -0.3 is 9.32 Å². The van der Waals surface area contributed by atoms with Gasteiger partial charge in [0.1, 0.15) is 4.90 Å². The number of hydrogen-bond acceptors (Lipinski definition) is 4. The molecule has 160 valence electrons. The van der Waals surface area contributed by atoms with Crippen molar-refractivity contribution in [2.24, 2.45) is 0 Å². The number of amides is 1. The highest BCUT2D eigenvalue weighted by Crippen LogP contribution is 2.35. The van der Waals surface area contributed by atoms with E-state index in [1.165, 1.54) is 0 Å². The zero-order valence-electron chi connectivity index (χ0n) is 18.1. The first-order chi connectivity index (χ1) is 13.7. The fourth-order valence-electron chi connectivity index (χ4n) is 3.89. The van der Waals surface area contributed by atoms with Gasteiger partial charge in [0.2, 0.25) is 10.0 Å². The number of sulfonamides is 1. The van der Waals surface area contributed by atoms with E-state index in [1.54, 1.807) is 6.92 Å². The molecule has 1 aliphatic rings. The SMILES string of the molecule is CC[C@@H](C)NS(=O)(=O)c1c(C)c(C)cc2c(C)c(C(=O)N3CCCCCC3)oc12. The molecule has 0 saturated carbocycles. The Morgan fingerprint density at radius 3 is 2.34 bits per heavy atom. The van der Waals surface area contributed by atoms with Gasteiger partial charge in [-0.2, -0.15) is 0 Å². The summed E-state index contributed by atoms with van der Waals surface area (Å²) in [5.41, 5.74) is 2.49. The Hall–Kier alpha value is -1.86. The highest BCUT2D eigenvalue weighted by atomic mass is 32.2. The molecule has 1 fully saturated rings. The normalized spacial score (nSPS) is 16.8. The van der Waals surface area contributed by atoms with Crippen molar-refractivity contribution < 1.29 is 17.6 Å². The lowest BCUT2D eigenvalue weighted by Gasteiger charge is -2.19. The number of nitrogens with one attached hydrogen (secondary N) is 1. The monoisotopic (exact) mass is 420 g/mol. The number of hydrogen-bond donors (Lipinski definition) is 1. The topological polar surface area (TPSA) is 79.6 Å². The molecule has 2 aromatic rings. The third-order valence-electron chi connectivity index (χ3n) is 6.02. The van der Waals surface area contributed by atoms with E-state index >= 15 is 0 Å². The molecule has 1 aliphatic heterocycles. The van der Waals surface area contributed by atoms with Gasteiger partial charge in [-0.1, -0.05) is 19.8 Å². The van der Waals surface area contributed by atoms with E-state index < -0.39 is 10.0 Å². The van der Waals surface area contributed by atoms with Gasteiger partial charge in [0.05, 0.1) is 0 Å². The molecule has 1 aromatic heterocycles. The van der Waals surface area contributed by atoms with Gasteiger partial charge in [-0.15, -0.1) is 0 Å². The van der Waals surface area contributed by atoms with Gasteiger partial charge in [0, 0.05) is 30.1 Å². The van der Waals surface area contributed by atoms with Crippen molar-refractivity contribution in [1.82, 2.24) is 9.62 Å². The summed E-state index contributed by atoms with van der Waals surface area (Å²) >= 11 is 0. The lowest BCUT2D eigenvalue weighted by molar-refractivity contribution is 0.0731. The molecule has 6 nitrogen and oxygen atoms in total. The summed E-state index contributed by atoms with van der Waals surface area (Å²) in [6, 6.07) is 1.73. The molecule has 1 aromatic carbocycles. The van der Waals surface area contributed by atoms with Crippen molar-refractivity contribution in [3.8, 4) is 0 Å². The standard InChI is InChI=1S/C22H32N2O4S/c1-6-15(3)23-29(26,27)21-16(4)14(2)13-18-17(5)19(28-20(18)21)22(25)24-11-9-7-8-10-12-24/h13,15,23H,6-12H2,1-5H3/t15-/m1/s1. The summed E-state index contributed by atoms with van der Waals surface area (Å²) in [5, 5.41) is 0.691. The fourth-order valence-corrected chi connectivity index (χ4v) is 5.67. The number of furan rings is 1. The number of rotatable bonds is 5. The molecule has 0 aliphatic carbocycles. The van der Waals surface area contributed by atoms with E-state index in [1.807, 2.05) is 38.7 Å². The maximum atomic E-state index is 13.2. The lowest BCUT2D eigenvalue weighted by Crippen LogP contribution is -2.32. The van der Waals surface area contributed by atoms with E-state index in [0.29, 0.717) is 36.0 Å². The predicted molar refractivity (Wildman–Crippen MR) is 115 cm³/mol. The smallest absolute Gasteiger partial charge is 0.289 e. The summed E-state index contributed by atoms with van der Waals surface area (Å²) in [4.78, 5) is 15.1. The maximum Gasteiger partial charge on any atom is 0.289 e. The minimum Gasteiger partial charge on any atom is -0.449 e. The summed E-state index contributed by atoms with van der Waals surface area (Å²) in [6.45, 7) is 10.7. The minimum absolute atomic E-state index is 0.144. The van der Waals surface area contributed by atoms with E-state index in [2.05, 4.69) is 4.72 Å². The van der Waals surface area contributed by atoms with Crippen molar-refractivity contribution in [1.29, 1.82) is 0 Å². The molecule has 1 amide bonds. The summed E-state index contributed by atoms with van der Waals surface area (Å²) in [7, 11) is -3.78. The van der Waals surface area contributed by atoms with Gasteiger partial charge in [0.15, 0.2) is 11.3 Å². The molecule has 3 rings (SSSR count). The predicted octanol–water partition coefficient (Wildman–Crippen LogP) is 4.45. The van der Waals surface area contributed by atoms with Crippen LogP contribution in [0, 0.1) is 20.8 Å². The Morgan fingerprint density at radius 2 is 1.76 bits per heavy atom. The van der Waals surface area contributed by atoms with Crippen LogP contribution in [0.5, 0.6) is 0 Å². The van der Waals surface area contributed by atoms with Gasteiger partial charge in [-0.3, -0.25) is 4.79 Å². The Morgan fingerprint density at radius 1 is 1.14 bits per heavy atom. The first kappa shape index (κ1) is 21.8. The van der Waals surface area contributed by atoms with E-state index in [9.17, 15) is 13.2 Å².